The summed E-state index contributed by atoms with van der Waals surface area (Å²) < 4.78 is 27.2. The highest BCUT2D eigenvalue weighted by atomic mass is 35.5. The topological polar surface area (TPSA) is 20.2 Å². The van der Waals surface area contributed by atoms with Crippen LogP contribution >= 0.6 is 11.6 Å². The Bertz CT molecular complexity index is 584. The van der Waals surface area contributed by atoms with Crippen molar-refractivity contribution >= 4 is 11.6 Å². The van der Waals surface area contributed by atoms with E-state index in [1.54, 1.807) is 24.3 Å². The van der Waals surface area contributed by atoms with Crippen LogP contribution in [0.5, 0.6) is 0 Å². The Morgan fingerprint density at radius 1 is 1.00 bits per heavy atom. The van der Waals surface area contributed by atoms with E-state index in [1.807, 2.05) is 0 Å². The summed E-state index contributed by atoms with van der Waals surface area (Å²) >= 11 is 5.92. The average Bonchev–Trinajstić information content (AvgIpc) is 2.36. The zero-order valence-corrected chi connectivity index (χ0v) is 10.4. The Labute approximate surface area is 109 Å². The van der Waals surface area contributed by atoms with E-state index in [4.69, 9.17) is 11.6 Å². The lowest BCUT2D eigenvalue weighted by Crippen LogP contribution is -2.05. The van der Waals surface area contributed by atoms with Crippen LogP contribution in [-0.4, -0.2) is 5.11 Å². The van der Waals surface area contributed by atoms with Crippen LogP contribution in [0.15, 0.2) is 36.4 Å². The van der Waals surface area contributed by atoms with E-state index in [1.165, 1.54) is 19.1 Å². The number of rotatable bonds is 2. The highest BCUT2D eigenvalue weighted by Crippen LogP contribution is 2.30. The molecule has 1 unspecified atom stereocenters. The van der Waals surface area contributed by atoms with Gasteiger partial charge in [0.05, 0.1) is 0 Å². The molecule has 0 aliphatic heterocycles. The van der Waals surface area contributed by atoms with E-state index in [-0.39, 0.29) is 11.1 Å². The van der Waals surface area contributed by atoms with Gasteiger partial charge in [0, 0.05) is 16.1 Å². The summed E-state index contributed by atoms with van der Waals surface area (Å²) in [5.74, 6) is -1.99. The average molecular weight is 269 g/mol. The van der Waals surface area contributed by atoms with Crippen LogP contribution in [0.3, 0.4) is 0 Å². The summed E-state index contributed by atoms with van der Waals surface area (Å²) in [6.07, 6.45) is -1.28. The molecule has 1 atom stereocenters. The van der Waals surface area contributed by atoms with Gasteiger partial charge >= 0.3 is 0 Å². The predicted molar refractivity (Wildman–Crippen MR) is 66.6 cm³/mol. The maximum atomic E-state index is 13.8. The second kappa shape index (κ2) is 5.04. The third-order valence-corrected chi connectivity index (χ3v) is 3.14. The summed E-state index contributed by atoms with van der Waals surface area (Å²) in [6.45, 7) is 1.46. The van der Waals surface area contributed by atoms with Gasteiger partial charge in [0.15, 0.2) is 11.6 Å². The Hall–Kier alpha value is -1.45. The lowest BCUT2D eigenvalue weighted by Gasteiger charge is -2.14. The molecule has 2 aromatic rings. The number of aliphatic hydroxyl groups is 1. The highest BCUT2D eigenvalue weighted by molar-refractivity contribution is 6.31. The van der Waals surface area contributed by atoms with Gasteiger partial charge in [0.2, 0.25) is 0 Å². The van der Waals surface area contributed by atoms with E-state index in [2.05, 4.69) is 0 Å². The monoisotopic (exact) mass is 268 g/mol. The van der Waals surface area contributed by atoms with Crippen LogP contribution < -0.4 is 0 Å². The van der Waals surface area contributed by atoms with Crippen LogP contribution in [0.1, 0.15) is 22.8 Å². The van der Waals surface area contributed by atoms with E-state index < -0.39 is 17.7 Å². The van der Waals surface area contributed by atoms with Crippen molar-refractivity contribution in [3.63, 3.8) is 0 Å². The van der Waals surface area contributed by atoms with Gasteiger partial charge < -0.3 is 5.11 Å². The molecule has 0 aliphatic rings. The number of hydrogen-bond donors (Lipinski definition) is 1. The van der Waals surface area contributed by atoms with Gasteiger partial charge in [-0.25, -0.2) is 8.78 Å². The van der Waals surface area contributed by atoms with Crippen LogP contribution in [0.2, 0.25) is 5.02 Å². The molecule has 2 rings (SSSR count). The maximum Gasteiger partial charge on any atom is 0.165 e. The molecule has 1 nitrogen and oxygen atoms in total. The fourth-order valence-electron chi connectivity index (χ4n) is 1.74. The molecule has 0 radical (unpaired) electrons. The SMILES string of the molecule is Cc1ccc(C(O)c2ccccc2Cl)c(F)c1F. The first kappa shape index (κ1) is 13.0. The van der Waals surface area contributed by atoms with Gasteiger partial charge in [-0.05, 0) is 18.6 Å². The van der Waals surface area contributed by atoms with Crippen molar-refractivity contribution in [1.29, 1.82) is 0 Å². The van der Waals surface area contributed by atoms with Crippen molar-refractivity contribution in [2.75, 3.05) is 0 Å². The van der Waals surface area contributed by atoms with Crippen LogP contribution in [-0.2, 0) is 0 Å². The molecule has 0 aliphatic carbocycles. The predicted octanol–water partition coefficient (Wildman–Crippen LogP) is 4.01. The van der Waals surface area contributed by atoms with E-state index in [0.29, 0.717) is 10.6 Å². The van der Waals surface area contributed by atoms with E-state index in [0.717, 1.165) is 0 Å². The van der Waals surface area contributed by atoms with Crippen molar-refractivity contribution in [1.82, 2.24) is 0 Å². The number of hydrogen-bond acceptors (Lipinski definition) is 1. The standard InChI is InChI=1S/C14H11ClF2O/c1-8-6-7-10(13(17)12(8)16)14(18)9-4-2-3-5-11(9)15/h2-7,14,18H,1H3. The van der Waals surface area contributed by atoms with Gasteiger partial charge in [-0.2, -0.15) is 0 Å². The Morgan fingerprint density at radius 3 is 2.33 bits per heavy atom. The molecule has 1 N–H and O–H groups in total. The molecule has 2 aromatic carbocycles. The number of aliphatic hydroxyl groups excluding tert-OH is 1. The van der Waals surface area contributed by atoms with Gasteiger partial charge in [0.25, 0.3) is 0 Å². The molecule has 0 saturated carbocycles. The summed E-state index contributed by atoms with van der Waals surface area (Å²) in [6, 6.07) is 9.32. The highest BCUT2D eigenvalue weighted by Gasteiger charge is 2.20. The van der Waals surface area contributed by atoms with Crippen LogP contribution in [0.4, 0.5) is 8.78 Å². The van der Waals surface area contributed by atoms with Crippen molar-refractivity contribution < 1.29 is 13.9 Å². The minimum Gasteiger partial charge on any atom is -0.383 e. The molecule has 0 bridgehead atoms. The molecule has 0 spiro atoms. The molecule has 0 aromatic heterocycles. The zero-order valence-electron chi connectivity index (χ0n) is 9.62. The molecule has 0 amide bonds. The minimum atomic E-state index is -1.28. The molecular weight excluding hydrogens is 258 g/mol. The lowest BCUT2D eigenvalue weighted by atomic mass is 9.99. The van der Waals surface area contributed by atoms with Crippen molar-refractivity contribution in [3.8, 4) is 0 Å². The third-order valence-electron chi connectivity index (χ3n) is 2.80. The Kier molecular flexibility index (Phi) is 3.64. The number of aryl methyl sites for hydroxylation is 1. The Morgan fingerprint density at radius 2 is 1.67 bits per heavy atom. The van der Waals surface area contributed by atoms with Crippen molar-refractivity contribution in [2.45, 2.75) is 13.0 Å². The third kappa shape index (κ3) is 2.24. The van der Waals surface area contributed by atoms with Gasteiger partial charge in [0.1, 0.15) is 6.10 Å². The fraction of sp³-hybridized carbons (Fsp3) is 0.143. The first-order chi connectivity index (χ1) is 8.52. The quantitative estimate of drug-likeness (QED) is 0.873. The molecule has 4 heteroatoms. The van der Waals surface area contributed by atoms with Crippen LogP contribution in [0.25, 0.3) is 0 Å². The summed E-state index contributed by atoms with van der Waals surface area (Å²) in [5, 5.41) is 10.4. The maximum absolute atomic E-state index is 13.8. The van der Waals surface area contributed by atoms with Gasteiger partial charge in [-0.15, -0.1) is 0 Å². The molecule has 18 heavy (non-hydrogen) atoms. The van der Waals surface area contributed by atoms with E-state index in [9.17, 15) is 13.9 Å². The van der Waals surface area contributed by atoms with Crippen molar-refractivity contribution in [2.24, 2.45) is 0 Å². The molecule has 0 heterocycles. The number of benzene rings is 2. The fourth-order valence-corrected chi connectivity index (χ4v) is 1.98. The second-order valence-electron chi connectivity index (χ2n) is 4.02. The molecule has 0 saturated heterocycles. The summed E-state index contributed by atoms with van der Waals surface area (Å²) in [7, 11) is 0. The first-order valence-electron chi connectivity index (χ1n) is 5.39. The second-order valence-corrected chi connectivity index (χ2v) is 4.43. The summed E-state index contributed by atoms with van der Waals surface area (Å²) in [5.41, 5.74) is 0.426. The summed E-state index contributed by atoms with van der Waals surface area (Å²) in [4.78, 5) is 0. The normalized spacial score (nSPS) is 12.5. The van der Waals surface area contributed by atoms with Gasteiger partial charge in [-0.1, -0.05) is 41.9 Å². The lowest BCUT2D eigenvalue weighted by molar-refractivity contribution is 0.213. The van der Waals surface area contributed by atoms with Crippen LogP contribution in [0, 0.1) is 18.6 Å². The number of halogens is 3. The molecular formula is C14H11ClF2O. The van der Waals surface area contributed by atoms with Gasteiger partial charge in [-0.3, -0.25) is 0 Å². The molecule has 94 valence electrons. The van der Waals surface area contributed by atoms with E-state index >= 15 is 0 Å². The zero-order chi connectivity index (χ0) is 13.3. The minimum absolute atomic E-state index is 0.119. The van der Waals surface area contributed by atoms with Crippen molar-refractivity contribution in [3.05, 3.63) is 69.7 Å². The smallest absolute Gasteiger partial charge is 0.165 e. The Balaban J connectivity index is 2.50. The first-order valence-corrected chi connectivity index (χ1v) is 5.77. The molecule has 0 fully saturated rings. The largest absolute Gasteiger partial charge is 0.383 e.